The maximum absolute atomic E-state index is 13.5. The van der Waals surface area contributed by atoms with Gasteiger partial charge in [-0.3, -0.25) is 4.98 Å². The van der Waals surface area contributed by atoms with Crippen molar-refractivity contribution in [1.29, 1.82) is 0 Å². The van der Waals surface area contributed by atoms with E-state index in [1.807, 2.05) is 6.20 Å². The first-order valence-corrected chi connectivity index (χ1v) is 8.02. The standard InChI is InChI=1S/C18H29FN2/c1-17(2,3)21-11-13-6-7-18(4,5)9-16(13)14-8-15(19)12-20-10-14/h8,10,12-13,16,21H,6-7,9,11H2,1-5H3. The van der Waals surface area contributed by atoms with Gasteiger partial charge in [-0.15, -0.1) is 0 Å². The minimum atomic E-state index is -0.224. The van der Waals surface area contributed by atoms with Crippen molar-refractivity contribution >= 4 is 0 Å². The first-order chi connectivity index (χ1) is 9.66. The van der Waals surface area contributed by atoms with Crippen molar-refractivity contribution < 1.29 is 4.39 Å². The lowest BCUT2D eigenvalue weighted by atomic mass is 9.65. The molecule has 2 nitrogen and oxygen atoms in total. The fraction of sp³-hybridized carbons (Fsp3) is 0.722. The molecule has 1 aliphatic carbocycles. The lowest BCUT2D eigenvalue weighted by molar-refractivity contribution is 0.153. The van der Waals surface area contributed by atoms with Crippen LogP contribution in [0.4, 0.5) is 4.39 Å². The summed E-state index contributed by atoms with van der Waals surface area (Å²) in [5.74, 6) is 0.728. The van der Waals surface area contributed by atoms with Gasteiger partial charge in [0.1, 0.15) is 5.82 Å². The van der Waals surface area contributed by atoms with Gasteiger partial charge in [-0.25, -0.2) is 4.39 Å². The van der Waals surface area contributed by atoms with Gasteiger partial charge in [-0.05, 0) is 75.5 Å². The summed E-state index contributed by atoms with van der Waals surface area (Å²) in [6.45, 7) is 12.2. The molecule has 118 valence electrons. The number of hydrogen-bond donors (Lipinski definition) is 1. The van der Waals surface area contributed by atoms with Crippen molar-refractivity contribution in [2.75, 3.05) is 6.54 Å². The molecule has 1 aromatic rings. The van der Waals surface area contributed by atoms with E-state index in [2.05, 4.69) is 44.9 Å². The number of pyridine rings is 1. The minimum Gasteiger partial charge on any atom is -0.312 e. The van der Waals surface area contributed by atoms with Crippen LogP contribution in [0.1, 0.15) is 65.4 Å². The molecular formula is C18H29FN2. The van der Waals surface area contributed by atoms with Gasteiger partial charge in [0.05, 0.1) is 6.20 Å². The highest BCUT2D eigenvalue weighted by Crippen LogP contribution is 2.46. The summed E-state index contributed by atoms with van der Waals surface area (Å²) in [6.07, 6.45) is 6.67. The molecule has 1 N–H and O–H groups in total. The number of rotatable bonds is 3. The lowest BCUT2D eigenvalue weighted by Gasteiger charge is -2.42. The number of hydrogen-bond acceptors (Lipinski definition) is 2. The Morgan fingerprint density at radius 2 is 2.05 bits per heavy atom. The van der Waals surface area contributed by atoms with Gasteiger partial charge in [0.2, 0.25) is 0 Å². The number of halogens is 1. The second kappa shape index (κ2) is 6.04. The molecule has 1 fully saturated rings. The van der Waals surface area contributed by atoms with Gasteiger partial charge in [-0.1, -0.05) is 13.8 Å². The fourth-order valence-corrected chi connectivity index (χ4v) is 3.34. The third-order valence-corrected chi connectivity index (χ3v) is 4.58. The molecule has 21 heavy (non-hydrogen) atoms. The van der Waals surface area contributed by atoms with Gasteiger partial charge in [0.25, 0.3) is 0 Å². The van der Waals surface area contributed by atoms with Gasteiger partial charge >= 0.3 is 0 Å². The summed E-state index contributed by atoms with van der Waals surface area (Å²) in [5.41, 5.74) is 1.51. The normalized spacial score (nSPS) is 25.8. The van der Waals surface area contributed by atoms with Gasteiger partial charge in [-0.2, -0.15) is 0 Å². The molecule has 0 amide bonds. The van der Waals surface area contributed by atoms with Crippen molar-refractivity contribution in [1.82, 2.24) is 10.3 Å². The highest BCUT2D eigenvalue weighted by molar-refractivity contribution is 5.19. The highest BCUT2D eigenvalue weighted by atomic mass is 19.1. The lowest BCUT2D eigenvalue weighted by Crippen LogP contribution is -2.42. The first kappa shape index (κ1) is 16.4. The molecule has 0 aromatic carbocycles. The Kier molecular flexibility index (Phi) is 4.72. The number of nitrogens with zero attached hydrogens (tertiary/aromatic N) is 1. The average Bonchev–Trinajstić information content (AvgIpc) is 2.35. The van der Waals surface area contributed by atoms with E-state index in [9.17, 15) is 4.39 Å². The molecule has 0 spiro atoms. The molecule has 1 aliphatic rings. The van der Waals surface area contributed by atoms with E-state index >= 15 is 0 Å². The van der Waals surface area contributed by atoms with Crippen LogP contribution in [0.5, 0.6) is 0 Å². The predicted octanol–water partition coefficient (Wildman–Crippen LogP) is 4.52. The molecule has 0 saturated heterocycles. The molecule has 0 radical (unpaired) electrons. The summed E-state index contributed by atoms with van der Waals surface area (Å²) < 4.78 is 13.5. The molecule has 1 heterocycles. The quantitative estimate of drug-likeness (QED) is 0.886. The van der Waals surface area contributed by atoms with E-state index in [4.69, 9.17) is 0 Å². The third kappa shape index (κ3) is 4.77. The molecule has 0 aliphatic heterocycles. The van der Waals surface area contributed by atoms with Gasteiger partial charge < -0.3 is 5.32 Å². The van der Waals surface area contributed by atoms with Crippen LogP contribution in [-0.2, 0) is 0 Å². The van der Waals surface area contributed by atoms with Crippen molar-refractivity contribution in [2.24, 2.45) is 11.3 Å². The van der Waals surface area contributed by atoms with E-state index in [0.717, 1.165) is 18.5 Å². The Labute approximate surface area is 128 Å². The molecular weight excluding hydrogens is 263 g/mol. The van der Waals surface area contributed by atoms with E-state index in [1.54, 1.807) is 6.07 Å². The van der Waals surface area contributed by atoms with Crippen molar-refractivity contribution in [3.05, 3.63) is 29.8 Å². The zero-order chi connectivity index (χ0) is 15.7. The van der Waals surface area contributed by atoms with Crippen LogP contribution in [0.15, 0.2) is 18.5 Å². The van der Waals surface area contributed by atoms with E-state index in [0.29, 0.717) is 17.3 Å². The van der Waals surface area contributed by atoms with Crippen molar-refractivity contribution in [2.45, 2.75) is 65.3 Å². The molecule has 3 heteroatoms. The summed E-state index contributed by atoms with van der Waals surface area (Å²) in [6, 6.07) is 1.67. The second-order valence-electron chi connectivity index (χ2n) is 8.34. The van der Waals surface area contributed by atoms with Crippen molar-refractivity contribution in [3.8, 4) is 0 Å². The average molecular weight is 292 g/mol. The molecule has 1 aromatic heterocycles. The highest BCUT2D eigenvalue weighted by Gasteiger charge is 2.36. The third-order valence-electron chi connectivity index (χ3n) is 4.58. The maximum atomic E-state index is 13.5. The first-order valence-electron chi connectivity index (χ1n) is 8.02. The molecule has 0 bridgehead atoms. The van der Waals surface area contributed by atoms with Gasteiger partial charge in [0.15, 0.2) is 0 Å². The van der Waals surface area contributed by atoms with Crippen LogP contribution >= 0.6 is 0 Å². The van der Waals surface area contributed by atoms with Gasteiger partial charge in [0, 0.05) is 11.7 Å². The predicted molar refractivity (Wildman–Crippen MR) is 85.8 cm³/mol. The molecule has 1 saturated carbocycles. The smallest absolute Gasteiger partial charge is 0.141 e. The Balaban J connectivity index is 2.18. The molecule has 2 unspecified atom stereocenters. The monoisotopic (exact) mass is 292 g/mol. The Hall–Kier alpha value is -0.960. The fourth-order valence-electron chi connectivity index (χ4n) is 3.34. The number of nitrogens with one attached hydrogen (secondary N) is 1. The Bertz CT molecular complexity index is 476. The SMILES string of the molecule is CC1(C)CCC(CNC(C)(C)C)C(c2cncc(F)c2)C1. The Morgan fingerprint density at radius 1 is 1.33 bits per heavy atom. The minimum absolute atomic E-state index is 0.123. The molecule has 2 atom stereocenters. The van der Waals surface area contributed by atoms with Crippen LogP contribution < -0.4 is 5.32 Å². The van der Waals surface area contributed by atoms with Crippen LogP contribution in [0.3, 0.4) is 0 Å². The molecule has 2 rings (SSSR count). The second-order valence-corrected chi connectivity index (χ2v) is 8.34. The summed E-state index contributed by atoms with van der Waals surface area (Å²) in [7, 11) is 0. The van der Waals surface area contributed by atoms with E-state index < -0.39 is 0 Å². The van der Waals surface area contributed by atoms with E-state index in [-0.39, 0.29) is 11.4 Å². The topological polar surface area (TPSA) is 24.9 Å². The summed E-state index contributed by atoms with van der Waals surface area (Å²) in [4.78, 5) is 4.06. The van der Waals surface area contributed by atoms with Crippen LogP contribution in [0.25, 0.3) is 0 Å². The summed E-state index contributed by atoms with van der Waals surface area (Å²) >= 11 is 0. The summed E-state index contributed by atoms with van der Waals surface area (Å²) in [5, 5.41) is 3.62. The largest absolute Gasteiger partial charge is 0.312 e. The van der Waals surface area contributed by atoms with Crippen LogP contribution in [-0.4, -0.2) is 17.1 Å². The maximum Gasteiger partial charge on any atom is 0.141 e. The van der Waals surface area contributed by atoms with Crippen LogP contribution in [0.2, 0.25) is 0 Å². The zero-order valence-electron chi connectivity index (χ0n) is 14.0. The van der Waals surface area contributed by atoms with Crippen LogP contribution in [0, 0.1) is 17.2 Å². The number of aromatic nitrogens is 1. The van der Waals surface area contributed by atoms with Crippen molar-refractivity contribution in [3.63, 3.8) is 0 Å². The van der Waals surface area contributed by atoms with E-state index in [1.165, 1.54) is 19.0 Å². The Morgan fingerprint density at radius 3 is 2.67 bits per heavy atom. The zero-order valence-corrected chi connectivity index (χ0v) is 14.0.